The summed E-state index contributed by atoms with van der Waals surface area (Å²) in [6.07, 6.45) is 0. The number of nitrogens with one attached hydrogen (secondary N) is 1. The molecule has 0 saturated heterocycles. The number of aryl methyl sites for hydroxylation is 2. The van der Waals surface area contributed by atoms with Crippen LogP contribution in [0, 0.1) is 19.7 Å². The van der Waals surface area contributed by atoms with E-state index in [0.29, 0.717) is 12.1 Å². The van der Waals surface area contributed by atoms with Crippen LogP contribution >= 0.6 is 15.9 Å². The second kappa shape index (κ2) is 6.26. The predicted molar refractivity (Wildman–Crippen MR) is 85.9 cm³/mol. The minimum absolute atomic E-state index is 0.170. The smallest absolute Gasteiger partial charge is 0.248 e. The third kappa shape index (κ3) is 3.61. The van der Waals surface area contributed by atoms with Gasteiger partial charge in [-0.15, -0.1) is 0 Å². The van der Waals surface area contributed by atoms with Gasteiger partial charge in [0.1, 0.15) is 5.82 Å². The second-order valence-electron chi connectivity index (χ2n) is 4.96. The van der Waals surface area contributed by atoms with Gasteiger partial charge >= 0.3 is 0 Å². The minimum Gasteiger partial charge on any atom is -0.380 e. The molecule has 0 aliphatic carbocycles. The lowest BCUT2D eigenvalue weighted by molar-refractivity contribution is 0.1000. The second-order valence-corrected chi connectivity index (χ2v) is 5.82. The van der Waals surface area contributed by atoms with E-state index in [0.717, 1.165) is 27.4 Å². The molecule has 3 N–H and O–H groups in total. The van der Waals surface area contributed by atoms with E-state index in [1.54, 1.807) is 6.07 Å². The van der Waals surface area contributed by atoms with Crippen LogP contribution in [0.5, 0.6) is 0 Å². The zero-order chi connectivity index (χ0) is 15.6. The maximum absolute atomic E-state index is 13.9. The molecule has 0 aliphatic heterocycles. The van der Waals surface area contributed by atoms with Crippen molar-refractivity contribution in [1.82, 2.24) is 0 Å². The van der Waals surface area contributed by atoms with Gasteiger partial charge in [-0.25, -0.2) is 4.39 Å². The van der Waals surface area contributed by atoms with E-state index in [9.17, 15) is 9.18 Å². The molecule has 0 fully saturated rings. The number of anilines is 1. The van der Waals surface area contributed by atoms with E-state index in [1.165, 1.54) is 6.07 Å². The SMILES string of the molecule is Cc1cc(C)c(NCc2ccc(C(N)=O)cc2F)c(Br)c1. The molecule has 2 rings (SSSR count). The first-order valence-electron chi connectivity index (χ1n) is 6.47. The molecule has 0 heterocycles. The van der Waals surface area contributed by atoms with Crippen molar-refractivity contribution >= 4 is 27.5 Å². The average molecular weight is 351 g/mol. The van der Waals surface area contributed by atoms with E-state index in [1.807, 2.05) is 19.9 Å². The molecule has 0 radical (unpaired) electrons. The van der Waals surface area contributed by atoms with Crippen LogP contribution in [0.3, 0.4) is 0 Å². The number of carbonyl (C=O) groups excluding carboxylic acids is 1. The largest absolute Gasteiger partial charge is 0.380 e. The third-order valence-corrected chi connectivity index (χ3v) is 3.85. The van der Waals surface area contributed by atoms with Crippen LogP contribution in [0.25, 0.3) is 0 Å². The third-order valence-electron chi connectivity index (χ3n) is 3.22. The number of benzene rings is 2. The van der Waals surface area contributed by atoms with Crippen molar-refractivity contribution in [2.75, 3.05) is 5.32 Å². The van der Waals surface area contributed by atoms with Crippen molar-refractivity contribution in [3.63, 3.8) is 0 Å². The molecule has 0 aromatic heterocycles. The van der Waals surface area contributed by atoms with Crippen LogP contribution in [0.4, 0.5) is 10.1 Å². The van der Waals surface area contributed by atoms with Gasteiger partial charge in [0, 0.05) is 22.1 Å². The molecule has 3 nitrogen and oxygen atoms in total. The van der Waals surface area contributed by atoms with E-state index in [4.69, 9.17) is 5.73 Å². The lowest BCUT2D eigenvalue weighted by Crippen LogP contribution is -2.12. The molecular formula is C16H16BrFN2O. The predicted octanol–water partition coefficient (Wildman–Crippen LogP) is 3.92. The Hall–Kier alpha value is -1.88. The molecule has 1 amide bonds. The summed E-state index contributed by atoms with van der Waals surface area (Å²) >= 11 is 3.50. The van der Waals surface area contributed by atoms with Gasteiger partial charge in [-0.1, -0.05) is 12.1 Å². The van der Waals surface area contributed by atoms with Crippen molar-refractivity contribution in [3.05, 3.63) is 62.9 Å². The fourth-order valence-electron chi connectivity index (χ4n) is 2.17. The highest BCUT2D eigenvalue weighted by molar-refractivity contribution is 9.10. The normalized spacial score (nSPS) is 10.5. The summed E-state index contributed by atoms with van der Waals surface area (Å²) in [4.78, 5) is 11.0. The lowest BCUT2D eigenvalue weighted by Gasteiger charge is -2.13. The number of carbonyl (C=O) groups is 1. The fraction of sp³-hybridized carbons (Fsp3) is 0.188. The quantitative estimate of drug-likeness (QED) is 0.877. The highest BCUT2D eigenvalue weighted by Gasteiger charge is 2.09. The first kappa shape index (κ1) is 15.5. The average Bonchev–Trinajstić information content (AvgIpc) is 2.38. The molecule has 2 aromatic carbocycles. The molecule has 0 atom stereocenters. The van der Waals surface area contributed by atoms with Crippen molar-refractivity contribution < 1.29 is 9.18 Å². The van der Waals surface area contributed by atoms with Crippen LogP contribution in [-0.4, -0.2) is 5.91 Å². The molecule has 0 saturated carbocycles. The van der Waals surface area contributed by atoms with E-state index in [-0.39, 0.29) is 5.56 Å². The molecule has 2 aromatic rings. The zero-order valence-corrected chi connectivity index (χ0v) is 13.4. The Morgan fingerprint density at radius 1 is 1.29 bits per heavy atom. The van der Waals surface area contributed by atoms with E-state index < -0.39 is 11.7 Å². The van der Waals surface area contributed by atoms with Crippen LogP contribution in [0.1, 0.15) is 27.0 Å². The number of rotatable bonds is 4. The van der Waals surface area contributed by atoms with Crippen molar-refractivity contribution in [2.45, 2.75) is 20.4 Å². The summed E-state index contributed by atoms with van der Waals surface area (Å²) in [6.45, 7) is 4.34. The Balaban J connectivity index is 2.19. The molecule has 21 heavy (non-hydrogen) atoms. The molecule has 0 bridgehead atoms. The van der Waals surface area contributed by atoms with Crippen LogP contribution in [0.15, 0.2) is 34.8 Å². The van der Waals surface area contributed by atoms with Gasteiger partial charge in [0.25, 0.3) is 0 Å². The monoisotopic (exact) mass is 350 g/mol. The van der Waals surface area contributed by atoms with Gasteiger partial charge in [-0.3, -0.25) is 4.79 Å². The highest BCUT2D eigenvalue weighted by Crippen LogP contribution is 2.28. The number of primary amides is 1. The summed E-state index contributed by atoms with van der Waals surface area (Å²) in [5.41, 5.74) is 8.94. The lowest BCUT2D eigenvalue weighted by atomic mass is 10.1. The van der Waals surface area contributed by atoms with Gasteiger partial charge in [-0.05, 0) is 59.1 Å². The summed E-state index contributed by atoms with van der Waals surface area (Å²) in [5.74, 6) is -1.08. The minimum atomic E-state index is -0.634. The van der Waals surface area contributed by atoms with Crippen LogP contribution in [0.2, 0.25) is 0 Å². The Morgan fingerprint density at radius 2 is 2.00 bits per heavy atom. The van der Waals surface area contributed by atoms with Gasteiger partial charge in [0.2, 0.25) is 5.91 Å². The zero-order valence-electron chi connectivity index (χ0n) is 11.8. The summed E-state index contributed by atoms with van der Waals surface area (Å²) in [7, 11) is 0. The van der Waals surface area contributed by atoms with E-state index >= 15 is 0 Å². The van der Waals surface area contributed by atoms with Gasteiger partial charge in [0.15, 0.2) is 0 Å². The summed E-state index contributed by atoms with van der Waals surface area (Å²) < 4.78 is 14.9. The Morgan fingerprint density at radius 3 is 2.57 bits per heavy atom. The molecule has 0 aliphatic rings. The Bertz CT molecular complexity index is 678. The number of hydrogen-bond acceptors (Lipinski definition) is 2. The van der Waals surface area contributed by atoms with Crippen molar-refractivity contribution in [1.29, 1.82) is 0 Å². The number of hydrogen-bond donors (Lipinski definition) is 2. The standard InChI is InChI=1S/C16H16BrFN2O/c1-9-5-10(2)15(13(17)6-9)20-8-12-4-3-11(16(19)21)7-14(12)18/h3-7,20H,8H2,1-2H3,(H2,19,21). The molecule has 0 unspecified atom stereocenters. The fourth-order valence-corrected chi connectivity index (χ4v) is 2.98. The first-order chi connectivity index (χ1) is 9.88. The van der Waals surface area contributed by atoms with Crippen LogP contribution < -0.4 is 11.1 Å². The van der Waals surface area contributed by atoms with Crippen LogP contribution in [-0.2, 0) is 6.54 Å². The van der Waals surface area contributed by atoms with Gasteiger partial charge in [0.05, 0.1) is 5.69 Å². The number of halogens is 2. The number of amides is 1. The molecule has 110 valence electrons. The molecule has 0 spiro atoms. The first-order valence-corrected chi connectivity index (χ1v) is 7.26. The number of nitrogens with two attached hydrogens (primary N) is 1. The van der Waals surface area contributed by atoms with Gasteiger partial charge < -0.3 is 11.1 Å². The van der Waals surface area contributed by atoms with Crippen molar-refractivity contribution in [2.24, 2.45) is 5.73 Å². The van der Waals surface area contributed by atoms with Crippen molar-refractivity contribution in [3.8, 4) is 0 Å². The molecule has 5 heteroatoms. The Kier molecular flexibility index (Phi) is 4.63. The maximum atomic E-state index is 13.9. The topological polar surface area (TPSA) is 55.1 Å². The summed E-state index contributed by atoms with van der Waals surface area (Å²) in [6, 6.07) is 8.32. The maximum Gasteiger partial charge on any atom is 0.248 e. The highest BCUT2D eigenvalue weighted by atomic mass is 79.9. The van der Waals surface area contributed by atoms with E-state index in [2.05, 4.69) is 27.3 Å². The Labute approximate surface area is 131 Å². The van der Waals surface area contributed by atoms with Gasteiger partial charge in [-0.2, -0.15) is 0 Å². The molecular weight excluding hydrogens is 335 g/mol. The summed E-state index contributed by atoms with van der Waals surface area (Å²) in [5, 5.41) is 3.21.